The molecular formula is C21H22N2O4S. The lowest BCUT2D eigenvalue weighted by Crippen LogP contribution is -2.30. The van der Waals surface area contributed by atoms with Gasteiger partial charge in [-0.2, -0.15) is 0 Å². The monoisotopic (exact) mass is 398 g/mol. The van der Waals surface area contributed by atoms with E-state index in [9.17, 15) is 13.8 Å². The fourth-order valence-corrected chi connectivity index (χ4v) is 3.86. The summed E-state index contributed by atoms with van der Waals surface area (Å²) in [6.45, 7) is 1.84. The maximum atomic E-state index is 12.3. The van der Waals surface area contributed by atoms with Crippen LogP contribution in [0.15, 0.2) is 59.6 Å². The number of rotatable bonds is 8. The maximum absolute atomic E-state index is 12.3. The van der Waals surface area contributed by atoms with E-state index in [4.69, 9.17) is 4.74 Å². The van der Waals surface area contributed by atoms with Crippen molar-refractivity contribution in [2.75, 3.05) is 18.9 Å². The summed E-state index contributed by atoms with van der Waals surface area (Å²) in [4.78, 5) is 27.9. The van der Waals surface area contributed by atoms with E-state index >= 15 is 0 Å². The van der Waals surface area contributed by atoms with Gasteiger partial charge in [0.2, 0.25) is 0 Å². The number of aromatic nitrogens is 1. The van der Waals surface area contributed by atoms with Crippen LogP contribution >= 0.6 is 0 Å². The van der Waals surface area contributed by atoms with E-state index in [0.29, 0.717) is 23.6 Å². The summed E-state index contributed by atoms with van der Waals surface area (Å²) in [6, 6.07) is 14.6. The number of benzene rings is 2. The van der Waals surface area contributed by atoms with Crippen LogP contribution in [0.2, 0.25) is 0 Å². The molecule has 0 saturated carbocycles. The van der Waals surface area contributed by atoms with Crippen molar-refractivity contribution >= 4 is 33.6 Å². The zero-order valence-electron chi connectivity index (χ0n) is 15.6. The molecular weight excluding hydrogens is 376 g/mol. The molecule has 0 fully saturated rings. The topological polar surface area (TPSA) is 88.3 Å². The van der Waals surface area contributed by atoms with Crippen LogP contribution in [0.4, 0.5) is 0 Å². The molecule has 7 heteroatoms. The average Bonchev–Trinajstić information content (AvgIpc) is 3.14. The predicted molar refractivity (Wildman–Crippen MR) is 109 cm³/mol. The number of aromatic amines is 1. The molecule has 0 unspecified atom stereocenters. The number of carbonyl (C=O) groups excluding carboxylic acids is 2. The highest BCUT2D eigenvalue weighted by Crippen LogP contribution is 2.18. The van der Waals surface area contributed by atoms with Crippen LogP contribution in [-0.2, 0) is 26.8 Å². The van der Waals surface area contributed by atoms with E-state index in [-0.39, 0.29) is 18.1 Å². The first kappa shape index (κ1) is 19.8. The standard InChI is InChI=1S/C21H22N2O4S/c1-2-28(26)19-10-6-4-8-17(19)21(25)27-14-20(24)22-12-11-15-13-23-18-9-5-3-7-16(15)18/h3-10,13,23H,2,11-12,14H2,1H3,(H,22,24)/t28-/m0/s1. The molecule has 0 bridgehead atoms. The van der Waals surface area contributed by atoms with Crippen molar-refractivity contribution in [3.05, 3.63) is 65.9 Å². The number of H-pyrrole nitrogens is 1. The summed E-state index contributed by atoms with van der Waals surface area (Å²) in [6.07, 6.45) is 2.60. The number of carbonyl (C=O) groups is 2. The van der Waals surface area contributed by atoms with Gasteiger partial charge in [-0.15, -0.1) is 0 Å². The van der Waals surface area contributed by atoms with E-state index in [1.165, 1.54) is 0 Å². The smallest absolute Gasteiger partial charge is 0.339 e. The van der Waals surface area contributed by atoms with Crippen molar-refractivity contribution in [2.24, 2.45) is 0 Å². The molecule has 6 nitrogen and oxygen atoms in total. The summed E-state index contributed by atoms with van der Waals surface area (Å²) < 4.78 is 17.1. The first-order chi connectivity index (χ1) is 13.6. The third kappa shape index (κ3) is 4.67. The lowest BCUT2D eigenvalue weighted by Gasteiger charge is -2.09. The molecule has 2 N–H and O–H groups in total. The second-order valence-electron chi connectivity index (χ2n) is 6.17. The van der Waals surface area contributed by atoms with E-state index in [1.807, 2.05) is 30.5 Å². The van der Waals surface area contributed by atoms with Crippen LogP contribution in [0.3, 0.4) is 0 Å². The summed E-state index contributed by atoms with van der Waals surface area (Å²) >= 11 is 0. The third-order valence-electron chi connectivity index (χ3n) is 4.34. The van der Waals surface area contributed by atoms with Crippen LogP contribution < -0.4 is 5.32 Å². The minimum absolute atomic E-state index is 0.231. The summed E-state index contributed by atoms with van der Waals surface area (Å²) in [7, 11) is -1.27. The van der Waals surface area contributed by atoms with Crippen molar-refractivity contribution in [3.8, 4) is 0 Å². The zero-order valence-corrected chi connectivity index (χ0v) is 16.4. The molecule has 3 rings (SSSR count). The average molecular weight is 398 g/mol. The first-order valence-electron chi connectivity index (χ1n) is 9.06. The van der Waals surface area contributed by atoms with Gasteiger partial charge in [-0.05, 0) is 30.2 Å². The van der Waals surface area contributed by atoms with E-state index in [1.54, 1.807) is 31.2 Å². The number of fused-ring (bicyclic) bond motifs is 1. The van der Waals surface area contributed by atoms with Crippen molar-refractivity contribution in [1.29, 1.82) is 0 Å². The lowest BCUT2D eigenvalue weighted by molar-refractivity contribution is -0.124. The highest BCUT2D eigenvalue weighted by molar-refractivity contribution is 7.85. The van der Waals surface area contributed by atoms with Gasteiger partial charge in [0.25, 0.3) is 5.91 Å². The minimum Gasteiger partial charge on any atom is -0.452 e. The van der Waals surface area contributed by atoms with E-state index in [0.717, 1.165) is 16.5 Å². The van der Waals surface area contributed by atoms with Gasteiger partial charge in [0, 0.05) is 29.4 Å². The molecule has 0 aliphatic carbocycles. The SMILES string of the molecule is CC[S@](=O)c1ccccc1C(=O)OCC(=O)NCCc1c[nH]c2ccccc12. The Labute approximate surface area is 165 Å². The number of nitrogens with one attached hydrogen (secondary N) is 2. The number of esters is 1. The molecule has 146 valence electrons. The summed E-state index contributed by atoms with van der Waals surface area (Å²) in [5.74, 6) is -0.620. The Bertz CT molecular complexity index is 1010. The van der Waals surface area contributed by atoms with Crippen molar-refractivity contribution in [3.63, 3.8) is 0 Å². The number of hydrogen-bond acceptors (Lipinski definition) is 4. The van der Waals surface area contributed by atoms with Gasteiger partial charge in [-0.3, -0.25) is 9.00 Å². The largest absolute Gasteiger partial charge is 0.452 e. The van der Waals surface area contributed by atoms with Gasteiger partial charge < -0.3 is 15.0 Å². The second kappa shape index (κ2) is 9.32. The quantitative estimate of drug-likeness (QED) is 0.571. The Kier molecular flexibility index (Phi) is 6.60. The fourth-order valence-electron chi connectivity index (χ4n) is 2.92. The van der Waals surface area contributed by atoms with Crippen molar-refractivity contribution in [2.45, 2.75) is 18.2 Å². The molecule has 1 aromatic heterocycles. The number of hydrogen-bond donors (Lipinski definition) is 2. The van der Waals surface area contributed by atoms with Gasteiger partial charge in [-0.1, -0.05) is 37.3 Å². The Balaban J connectivity index is 1.49. The van der Waals surface area contributed by atoms with Crippen LogP contribution in [0.1, 0.15) is 22.8 Å². The lowest BCUT2D eigenvalue weighted by atomic mass is 10.1. The van der Waals surface area contributed by atoms with E-state index < -0.39 is 16.8 Å². The summed E-state index contributed by atoms with van der Waals surface area (Å²) in [5, 5.41) is 3.88. The first-order valence-corrected chi connectivity index (χ1v) is 10.4. The fraction of sp³-hybridized carbons (Fsp3) is 0.238. The highest BCUT2D eigenvalue weighted by atomic mass is 32.2. The molecule has 0 aliphatic heterocycles. The second-order valence-corrected chi connectivity index (χ2v) is 7.87. The van der Waals surface area contributed by atoms with Crippen LogP contribution in [0.25, 0.3) is 10.9 Å². The molecule has 2 aromatic carbocycles. The zero-order chi connectivity index (χ0) is 19.9. The molecule has 28 heavy (non-hydrogen) atoms. The number of ether oxygens (including phenoxy) is 1. The molecule has 1 atom stereocenters. The summed E-state index contributed by atoms with van der Waals surface area (Å²) in [5.41, 5.74) is 2.40. The van der Waals surface area contributed by atoms with Crippen molar-refractivity contribution < 1.29 is 18.5 Å². The highest BCUT2D eigenvalue weighted by Gasteiger charge is 2.17. The minimum atomic E-state index is -1.27. The van der Waals surface area contributed by atoms with Gasteiger partial charge >= 0.3 is 5.97 Å². The van der Waals surface area contributed by atoms with Gasteiger partial charge in [0.1, 0.15) is 0 Å². The molecule has 3 aromatic rings. The Morgan fingerprint density at radius 1 is 1.11 bits per heavy atom. The third-order valence-corrected chi connectivity index (χ3v) is 5.71. The molecule has 0 radical (unpaired) electrons. The normalized spacial score (nSPS) is 11.9. The molecule has 1 amide bonds. The van der Waals surface area contributed by atoms with E-state index in [2.05, 4.69) is 10.3 Å². The van der Waals surface area contributed by atoms with Crippen LogP contribution in [0, 0.1) is 0 Å². The Morgan fingerprint density at radius 3 is 2.68 bits per heavy atom. The molecule has 0 saturated heterocycles. The van der Waals surface area contributed by atoms with Crippen LogP contribution in [-0.4, -0.2) is 40.0 Å². The van der Waals surface area contributed by atoms with Crippen LogP contribution in [0.5, 0.6) is 0 Å². The predicted octanol–water partition coefficient (Wildman–Crippen LogP) is 2.81. The van der Waals surface area contributed by atoms with Crippen molar-refractivity contribution in [1.82, 2.24) is 10.3 Å². The number of amides is 1. The number of para-hydroxylation sites is 1. The molecule has 1 heterocycles. The maximum Gasteiger partial charge on any atom is 0.339 e. The Hall–Kier alpha value is -2.93. The van der Waals surface area contributed by atoms with Gasteiger partial charge in [-0.25, -0.2) is 4.79 Å². The van der Waals surface area contributed by atoms with Gasteiger partial charge in [0.05, 0.1) is 21.3 Å². The Morgan fingerprint density at radius 2 is 1.86 bits per heavy atom. The molecule has 0 spiro atoms. The molecule has 0 aliphatic rings. The van der Waals surface area contributed by atoms with Gasteiger partial charge in [0.15, 0.2) is 6.61 Å².